The lowest BCUT2D eigenvalue weighted by Crippen LogP contribution is -2.43. The molecule has 0 heterocycles. The zero-order valence-electron chi connectivity index (χ0n) is 18.1. The smallest absolute Gasteiger partial charge is 0.320 e. The van der Waals surface area contributed by atoms with Crippen molar-refractivity contribution in [3.8, 4) is 12.3 Å². The van der Waals surface area contributed by atoms with E-state index in [4.69, 9.17) is 15.9 Å². The summed E-state index contributed by atoms with van der Waals surface area (Å²) in [5.41, 5.74) is -1.01. The third kappa shape index (κ3) is 16.3. The molecule has 156 valence electrons. The third-order valence-corrected chi connectivity index (χ3v) is 3.23. The summed E-state index contributed by atoms with van der Waals surface area (Å²) in [5, 5.41) is 3.06. The summed E-state index contributed by atoms with van der Waals surface area (Å²) in [7, 11) is 1.94. The molecule has 7 nitrogen and oxygen atoms in total. The van der Waals surface area contributed by atoms with E-state index in [1.807, 2.05) is 58.4 Å². The second-order valence-corrected chi connectivity index (χ2v) is 8.57. The Bertz CT molecular complexity index is 501. The minimum atomic E-state index is -0.516. The molecule has 7 heteroatoms. The van der Waals surface area contributed by atoms with Crippen LogP contribution in [-0.4, -0.2) is 85.8 Å². The fourth-order valence-electron chi connectivity index (χ4n) is 2.18. The van der Waals surface area contributed by atoms with E-state index in [0.717, 1.165) is 6.54 Å². The van der Waals surface area contributed by atoms with Crippen LogP contribution in [-0.2, 0) is 19.1 Å². The third-order valence-electron chi connectivity index (χ3n) is 3.23. The quantitative estimate of drug-likeness (QED) is 0.326. The molecule has 0 unspecified atom stereocenters. The molecule has 0 aromatic heterocycles. The van der Waals surface area contributed by atoms with E-state index in [9.17, 15) is 9.59 Å². The lowest BCUT2D eigenvalue weighted by molar-refractivity contribution is -0.156. The highest BCUT2D eigenvalue weighted by Crippen LogP contribution is 2.08. The molecule has 0 saturated carbocycles. The molecule has 0 fully saturated rings. The zero-order valence-corrected chi connectivity index (χ0v) is 18.1. The number of esters is 2. The van der Waals surface area contributed by atoms with Crippen LogP contribution in [0.1, 0.15) is 41.5 Å². The number of nitrogens with zero attached hydrogens (tertiary/aromatic N) is 2. The van der Waals surface area contributed by atoms with Gasteiger partial charge in [-0.15, -0.1) is 6.42 Å². The summed E-state index contributed by atoms with van der Waals surface area (Å²) in [6.45, 7) is 14.5. The van der Waals surface area contributed by atoms with E-state index in [-0.39, 0.29) is 25.0 Å². The van der Waals surface area contributed by atoms with Gasteiger partial charge in [0.05, 0.1) is 19.6 Å². The zero-order chi connectivity index (χ0) is 21.1. The van der Waals surface area contributed by atoms with Gasteiger partial charge in [0.15, 0.2) is 0 Å². The first-order chi connectivity index (χ1) is 12.3. The number of hydrogen-bond donors (Lipinski definition) is 1. The van der Waals surface area contributed by atoms with E-state index in [1.54, 1.807) is 0 Å². The average molecular weight is 384 g/mol. The predicted octanol–water partition coefficient (Wildman–Crippen LogP) is 1.13. The number of carbonyl (C=O) groups excluding carboxylic acids is 2. The SMILES string of the molecule is C#CCN(C)CCN(CCNCC(=O)OC(C)(C)C)CC(=O)OC(C)(C)C. The van der Waals surface area contributed by atoms with Crippen LogP contribution in [0.15, 0.2) is 0 Å². The topological polar surface area (TPSA) is 71.1 Å². The maximum absolute atomic E-state index is 12.1. The van der Waals surface area contributed by atoms with Gasteiger partial charge in [0.1, 0.15) is 11.2 Å². The lowest BCUT2D eigenvalue weighted by atomic mass is 10.2. The summed E-state index contributed by atoms with van der Waals surface area (Å²) >= 11 is 0. The van der Waals surface area contributed by atoms with Crippen LogP contribution >= 0.6 is 0 Å². The largest absolute Gasteiger partial charge is 0.459 e. The standard InChI is InChI=1S/C20H37N3O4/c1-9-11-22(8)13-14-23(16-18(25)27-20(5,6)7)12-10-21-15-17(24)26-19(2,3)4/h1,21H,10-16H2,2-8H3. The van der Waals surface area contributed by atoms with Crippen molar-refractivity contribution in [3.63, 3.8) is 0 Å². The van der Waals surface area contributed by atoms with E-state index >= 15 is 0 Å². The Labute approximate surface area is 164 Å². The van der Waals surface area contributed by atoms with Crippen molar-refractivity contribution in [1.82, 2.24) is 15.1 Å². The van der Waals surface area contributed by atoms with Crippen molar-refractivity contribution < 1.29 is 19.1 Å². The van der Waals surface area contributed by atoms with Crippen LogP contribution in [0.4, 0.5) is 0 Å². The first kappa shape index (κ1) is 25.4. The van der Waals surface area contributed by atoms with Gasteiger partial charge in [-0.1, -0.05) is 5.92 Å². The van der Waals surface area contributed by atoms with Gasteiger partial charge in [-0.05, 0) is 48.6 Å². The number of terminal acetylenes is 1. The van der Waals surface area contributed by atoms with Gasteiger partial charge < -0.3 is 14.8 Å². The van der Waals surface area contributed by atoms with Crippen molar-refractivity contribution >= 4 is 11.9 Å². The maximum atomic E-state index is 12.1. The van der Waals surface area contributed by atoms with E-state index in [1.165, 1.54) is 0 Å². The Morgan fingerprint density at radius 2 is 1.52 bits per heavy atom. The Kier molecular flexibility index (Phi) is 11.2. The Morgan fingerprint density at radius 1 is 0.963 bits per heavy atom. The van der Waals surface area contributed by atoms with E-state index < -0.39 is 11.2 Å². The molecule has 0 aromatic carbocycles. The van der Waals surface area contributed by atoms with Gasteiger partial charge in [0.25, 0.3) is 0 Å². The van der Waals surface area contributed by atoms with Crippen molar-refractivity contribution in [3.05, 3.63) is 0 Å². The van der Waals surface area contributed by atoms with Crippen LogP contribution in [0.5, 0.6) is 0 Å². The molecule has 0 aromatic rings. The van der Waals surface area contributed by atoms with Crippen molar-refractivity contribution in [2.45, 2.75) is 52.7 Å². The normalized spacial score (nSPS) is 12.1. The van der Waals surface area contributed by atoms with Gasteiger partial charge in [0, 0.05) is 26.2 Å². The van der Waals surface area contributed by atoms with Crippen LogP contribution in [0.3, 0.4) is 0 Å². The summed E-state index contributed by atoms with van der Waals surface area (Å²) in [4.78, 5) is 27.9. The van der Waals surface area contributed by atoms with Crippen LogP contribution < -0.4 is 5.32 Å². The predicted molar refractivity (Wildman–Crippen MR) is 107 cm³/mol. The van der Waals surface area contributed by atoms with Crippen molar-refractivity contribution in [2.24, 2.45) is 0 Å². The number of carbonyl (C=O) groups is 2. The second-order valence-electron chi connectivity index (χ2n) is 8.57. The first-order valence-corrected chi connectivity index (χ1v) is 9.31. The second kappa shape index (κ2) is 12.0. The summed E-state index contributed by atoms with van der Waals surface area (Å²) < 4.78 is 10.7. The molecule has 0 rings (SSSR count). The molecule has 0 saturated heterocycles. The molecule has 0 radical (unpaired) electrons. The molecule has 27 heavy (non-hydrogen) atoms. The Balaban J connectivity index is 4.46. The monoisotopic (exact) mass is 383 g/mol. The van der Waals surface area contributed by atoms with Gasteiger partial charge in [-0.25, -0.2) is 0 Å². The van der Waals surface area contributed by atoms with Gasteiger partial charge >= 0.3 is 11.9 Å². The molecule has 0 spiro atoms. The molecule has 0 bridgehead atoms. The number of likely N-dealkylation sites (N-methyl/N-ethyl adjacent to an activating group) is 1. The van der Waals surface area contributed by atoms with Crippen LogP contribution in [0.25, 0.3) is 0 Å². The molecule has 1 N–H and O–H groups in total. The van der Waals surface area contributed by atoms with Gasteiger partial charge in [-0.3, -0.25) is 19.4 Å². The maximum Gasteiger partial charge on any atom is 0.320 e. The summed E-state index contributed by atoms with van der Waals surface area (Å²) in [5.74, 6) is 2.03. The minimum Gasteiger partial charge on any atom is -0.459 e. The molecule has 0 aliphatic carbocycles. The summed E-state index contributed by atoms with van der Waals surface area (Å²) in [6, 6.07) is 0. The average Bonchev–Trinajstić information content (AvgIpc) is 2.45. The molecule has 0 aliphatic rings. The van der Waals surface area contributed by atoms with Gasteiger partial charge in [-0.2, -0.15) is 0 Å². The summed E-state index contributed by atoms with van der Waals surface area (Å²) in [6.07, 6.45) is 5.32. The van der Waals surface area contributed by atoms with E-state index in [0.29, 0.717) is 26.2 Å². The number of hydrogen-bond acceptors (Lipinski definition) is 7. The first-order valence-electron chi connectivity index (χ1n) is 9.31. The van der Waals surface area contributed by atoms with Gasteiger partial charge in [0.2, 0.25) is 0 Å². The lowest BCUT2D eigenvalue weighted by Gasteiger charge is -2.26. The highest BCUT2D eigenvalue weighted by atomic mass is 16.6. The molecular formula is C20H37N3O4. The van der Waals surface area contributed by atoms with Crippen molar-refractivity contribution in [1.29, 1.82) is 0 Å². The highest BCUT2D eigenvalue weighted by Gasteiger charge is 2.19. The Hall–Kier alpha value is -1.62. The fourth-order valence-corrected chi connectivity index (χ4v) is 2.18. The molecule has 0 atom stereocenters. The number of rotatable bonds is 11. The minimum absolute atomic E-state index is 0.133. The van der Waals surface area contributed by atoms with Crippen molar-refractivity contribution in [2.75, 3.05) is 52.9 Å². The number of ether oxygens (including phenoxy) is 2. The highest BCUT2D eigenvalue weighted by molar-refractivity contribution is 5.72. The molecular weight excluding hydrogens is 346 g/mol. The number of nitrogens with one attached hydrogen (secondary N) is 1. The van der Waals surface area contributed by atoms with Crippen LogP contribution in [0, 0.1) is 12.3 Å². The Morgan fingerprint density at radius 3 is 2.04 bits per heavy atom. The fraction of sp³-hybridized carbons (Fsp3) is 0.800. The van der Waals surface area contributed by atoms with Crippen LogP contribution in [0.2, 0.25) is 0 Å². The molecule has 0 aliphatic heterocycles. The van der Waals surface area contributed by atoms with E-state index in [2.05, 4.69) is 11.2 Å². The molecule has 0 amide bonds.